The zero-order valence-corrected chi connectivity index (χ0v) is 14.4. The molecule has 1 saturated carbocycles. The molecule has 1 aromatic carbocycles. The molecule has 0 radical (unpaired) electrons. The Morgan fingerprint density at radius 3 is 2.67 bits per heavy atom. The van der Waals surface area contributed by atoms with Gasteiger partial charge >= 0.3 is 0 Å². The predicted octanol–water partition coefficient (Wildman–Crippen LogP) is 3.74. The van der Waals surface area contributed by atoms with Crippen LogP contribution in [0, 0.1) is 0 Å². The van der Waals surface area contributed by atoms with Crippen molar-refractivity contribution in [2.45, 2.75) is 37.7 Å². The van der Waals surface area contributed by atoms with E-state index >= 15 is 0 Å². The monoisotopic (exact) mass is 344 g/mol. The SMILES string of the molecule is C[C@H](CNC(=O)C1(c2ccc(Cl)cc2)CCC1)Oc1cccnc1. The molecule has 126 valence electrons. The molecule has 2 aromatic rings. The predicted molar refractivity (Wildman–Crippen MR) is 94.3 cm³/mol. The minimum atomic E-state index is -0.418. The number of aromatic nitrogens is 1. The Morgan fingerprint density at radius 2 is 2.08 bits per heavy atom. The number of carbonyl (C=O) groups excluding carboxylic acids is 1. The number of hydrogen-bond donors (Lipinski definition) is 1. The molecule has 1 aromatic heterocycles. The van der Waals surface area contributed by atoms with Crippen LogP contribution in [0.2, 0.25) is 5.02 Å². The number of pyridine rings is 1. The molecule has 0 aliphatic heterocycles. The van der Waals surface area contributed by atoms with E-state index in [9.17, 15) is 4.79 Å². The van der Waals surface area contributed by atoms with Crippen molar-refractivity contribution in [2.75, 3.05) is 6.54 Å². The van der Waals surface area contributed by atoms with Crippen LogP contribution in [0.1, 0.15) is 31.7 Å². The standard InChI is InChI=1S/C19H21ClN2O2/c1-14(24-17-4-2-11-21-13-17)12-22-18(23)19(9-3-10-19)15-5-7-16(20)8-6-15/h2,4-8,11,13-14H,3,9-10,12H2,1H3,(H,22,23)/t14-/m1/s1. The number of hydrogen-bond acceptors (Lipinski definition) is 3. The van der Waals surface area contributed by atoms with E-state index in [4.69, 9.17) is 16.3 Å². The normalized spacial score (nSPS) is 16.8. The smallest absolute Gasteiger partial charge is 0.230 e. The molecule has 24 heavy (non-hydrogen) atoms. The molecule has 1 aliphatic carbocycles. The summed E-state index contributed by atoms with van der Waals surface area (Å²) in [6.07, 6.45) is 6.06. The summed E-state index contributed by atoms with van der Waals surface area (Å²) >= 11 is 5.96. The lowest BCUT2D eigenvalue weighted by Gasteiger charge is -2.41. The van der Waals surface area contributed by atoms with Gasteiger partial charge in [-0.25, -0.2) is 0 Å². The summed E-state index contributed by atoms with van der Waals surface area (Å²) in [6, 6.07) is 11.3. The highest BCUT2D eigenvalue weighted by Gasteiger charge is 2.45. The Balaban J connectivity index is 1.60. The molecule has 1 atom stereocenters. The Bertz CT molecular complexity index is 684. The highest BCUT2D eigenvalue weighted by Crippen LogP contribution is 2.44. The van der Waals surface area contributed by atoms with Gasteiger partial charge in [0.1, 0.15) is 11.9 Å². The van der Waals surface area contributed by atoms with Crippen LogP contribution in [-0.2, 0) is 10.2 Å². The van der Waals surface area contributed by atoms with Crippen LogP contribution in [0.25, 0.3) is 0 Å². The summed E-state index contributed by atoms with van der Waals surface area (Å²) < 4.78 is 5.76. The third-order valence-corrected chi connectivity index (χ3v) is 4.81. The lowest BCUT2D eigenvalue weighted by molar-refractivity contribution is -0.130. The molecule has 1 amide bonds. The molecule has 0 saturated heterocycles. The van der Waals surface area contributed by atoms with Gasteiger partial charge in [-0.05, 0) is 49.6 Å². The summed E-state index contributed by atoms with van der Waals surface area (Å²) in [5, 5.41) is 3.73. The second-order valence-electron chi connectivity index (χ2n) is 6.27. The first-order valence-corrected chi connectivity index (χ1v) is 8.59. The number of rotatable bonds is 6. The van der Waals surface area contributed by atoms with E-state index in [0.717, 1.165) is 24.8 Å². The van der Waals surface area contributed by atoms with Gasteiger partial charge in [-0.1, -0.05) is 30.2 Å². The summed E-state index contributed by atoms with van der Waals surface area (Å²) in [7, 11) is 0. The van der Waals surface area contributed by atoms with Crippen LogP contribution in [0.3, 0.4) is 0 Å². The quantitative estimate of drug-likeness (QED) is 0.868. The summed E-state index contributed by atoms with van der Waals surface area (Å²) in [5.41, 5.74) is 0.620. The van der Waals surface area contributed by atoms with E-state index in [1.807, 2.05) is 43.3 Å². The molecule has 0 bridgehead atoms. The van der Waals surface area contributed by atoms with Crippen LogP contribution in [0.15, 0.2) is 48.8 Å². The summed E-state index contributed by atoms with van der Waals surface area (Å²) in [5.74, 6) is 0.771. The fourth-order valence-electron chi connectivity index (χ4n) is 3.04. The number of ether oxygens (including phenoxy) is 1. The van der Waals surface area contributed by atoms with Crippen molar-refractivity contribution >= 4 is 17.5 Å². The molecule has 1 fully saturated rings. The number of nitrogens with one attached hydrogen (secondary N) is 1. The lowest BCUT2D eigenvalue weighted by atomic mass is 9.64. The molecule has 5 heteroatoms. The number of carbonyl (C=O) groups is 1. The van der Waals surface area contributed by atoms with Gasteiger partial charge in [0.15, 0.2) is 0 Å². The van der Waals surface area contributed by atoms with E-state index in [-0.39, 0.29) is 12.0 Å². The van der Waals surface area contributed by atoms with Crippen LogP contribution < -0.4 is 10.1 Å². The molecule has 0 unspecified atom stereocenters. The first-order valence-electron chi connectivity index (χ1n) is 8.21. The Kier molecular flexibility index (Phi) is 5.05. The van der Waals surface area contributed by atoms with Crippen molar-refractivity contribution < 1.29 is 9.53 Å². The van der Waals surface area contributed by atoms with Gasteiger partial charge in [0.2, 0.25) is 5.91 Å². The first kappa shape index (κ1) is 16.8. The second kappa shape index (κ2) is 7.22. The van der Waals surface area contributed by atoms with Crippen molar-refractivity contribution in [1.82, 2.24) is 10.3 Å². The van der Waals surface area contributed by atoms with Gasteiger partial charge < -0.3 is 10.1 Å². The van der Waals surface area contributed by atoms with E-state index in [0.29, 0.717) is 17.3 Å². The minimum absolute atomic E-state index is 0.0673. The van der Waals surface area contributed by atoms with Gasteiger partial charge in [0, 0.05) is 11.2 Å². The Hall–Kier alpha value is -2.07. The van der Waals surface area contributed by atoms with Gasteiger partial charge in [-0.2, -0.15) is 0 Å². The summed E-state index contributed by atoms with van der Waals surface area (Å²) in [4.78, 5) is 16.8. The molecule has 1 aliphatic rings. The van der Waals surface area contributed by atoms with Gasteiger partial charge in [0.25, 0.3) is 0 Å². The fourth-order valence-corrected chi connectivity index (χ4v) is 3.17. The lowest BCUT2D eigenvalue weighted by Crippen LogP contribution is -2.50. The number of benzene rings is 1. The second-order valence-corrected chi connectivity index (χ2v) is 6.71. The average molecular weight is 345 g/mol. The maximum Gasteiger partial charge on any atom is 0.230 e. The number of halogens is 1. The molecule has 4 nitrogen and oxygen atoms in total. The van der Waals surface area contributed by atoms with Gasteiger partial charge in [-0.15, -0.1) is 0 Å². The zero-order chi connectivity index (χ0) is 17.0. The van der Waals surface area contributed by atoms with Crippen molar-refractivity contribution in [3.05, 3.63) is 59.4 Å². The van der Waals surface area contributed by atoms with Crippen molar-refractivity contribution in [2.24, 2.45) is 0 Å². The molecule has 3 rings (SSSR count). The first-order chi connectivity index (χ1) is 11.6. The highest BCUT2D eigenvalue weighted by molar-refractivity contribution is 6.30. The highest BCUT2D eigenvalue weighted by atomic mass is 35.5. The van der Waals surface area contributed by atoms with Crippen LogP contribution in [0.5, 0.6) is 5.75 Å². The van der Waals surface area contributed by atoms with E-state index in [2.05, 4.69) is 10.3 Å². The minimum Gasteiger partial charge on any atom is -0.487 e. The number of amides is 1. The largest absolute Gasteiger partial charge is 0.487 e. The summed E-state index contributed by atoms with van der Waals surface area (Å²) in [6.45, 7) is 2.39. The van der Waals surface area contributed by atoms with Gasteiger partial charge in [0.05, 0.1) is 18.2 Å². The molecule has 1 heterocycles. The molecule has 1 N–H and O–H groups in total. The van der Waals surface area contributed by atoms with Crippen molar-refractivity contribution in [1.29, 1.82) is 0 Å². The third kappa shape index (κ3) is 3.54. The molecular formula is C19H21ClN2O2. The number of nitrogens with zero attached hydrogens (tertiary/aromatic N) is 1. The molecular weight excluding hydrogens is 324 g/mol. The van der Waals surface area contributed by atoms with Crippen LogP contribution in [-0.4, -0.2) is 23.5 Å². The van der Waals surface area contributed by atoms with Crippen LogP contribution in [0.4, 0.5) is 0 Å². The zero-order valence-electron chi connectivity index (χ0n) is 13.7. The maximum atomic E-state index is 12.8. The Morgan fingerprint density at radius 1 is 1.33 bits per heavy atom. The van der Waals surface area contributed by atoms with Crippen molar-refractivity contribution in [3.63, 3.8) is 0 Å². The van der Waals surface area contributed by atoms with Crippen molar-refractivity contribution in [3.8, 4) is 5.75 Å². The van der Waals surface area contributed by atoms with Gasteiger partial charge in [-0.3, -0.25) is 9.78 Å². The third-order valence-electron chi connectivity index (χ3n) is 4.56. The van der Waals surface area contributed by atoms with Crippen LogP contribution >= 0.6 is 11.6 Å². The topological polar surface area (TPSA) is 51.2 Å². The van der Waals surface area contributed by atoms with E-state index < -0.39 is 5.41 Å². The molecule has 0 spiro atoms. The van der Waals surface area contributed by atoms with E-state index in [1.54, 1.807) is 12.4 Å². The van der Waals surface area contributed by atoms with E-state index in [1.165, 1.54) is 0 Å². The maximum absolute atomic E-state index is 12.8. The fraction of sp³-hybridized carbons (Fsp3) is 0.368. The average Bonchev–Trinajstić information content (AvgIpc) is 2.54. The Labute approximate surface area is 147 Å².